The van der Waals surface area contributed by atoms with E-state index in [4.69, 9.17) is 16.3 Å². The zero-order valence-corrected chi connectivity index (χ0v) is 15.3. The SMILES string of the molecule is O=C(COC(=O)c1csc(-c2ccc(Cl)cc2)n1)NCc1cccs1. The average Bonchev–Trinajstić information content (AvgIpc) is 3.30. The Labute approximate surface area is 157 Å². The van der Waals surface area contributed by atoms with E-state index in [9.17, 15) is 9.59 Å². The number of hydrogen-bond donors (Lipinski definition) is 1. The zero-order chi connectivity index (χ0) is 17.6. The van der Waals surface area contributed by atoms with Crippen LogP contribution in [0.5, 0.6) is 0 Å². The molecule has 0 saturated heterocycles. The van der Waals surface area contributed by atoms with Crippen LogP contribution in [0, 0.1) is 0 Å². The van der Waals surface area contributed by atoms with Crippen molar-refractivity contribution in [1.29, 1.82) is 0 Å². The molecule has 0 spiro atoms. The molecule has 0 atom stereocenters. The van der Waals surface area contributed by atoms with E-state index in [0.717, 1.165) is 10.4 Å². The molecule has 2 aromatic heterocycles. The summed E-state index contributed by atoms with van der Waals surface area (Å²) in [5.74, 6) is -0.974. The molecule has 3 aromatic rings. The summed E-state index contributed by atoms with van der Waals surface area (Å²) in [4.78, 5) is 29.0. The lowest BCUT2D eigenvalue weighted by molar-refractivity contribution is -0.124. The van der Waals surface area contributed by atoms with Gasteiger partial charge in [0, 0.05) is 20.8 Å². The standard InChI is InChI=1S/C17H13ClN2O3S2/c18-12-5-3-11(4-6-12)16-20-14(10-25-16)17(22)23-9-15(21)19-8-13-2-1-7-24-13/h1-7,10H,8-9H2,(H,19,21). The zero-order valence-electron chi connectivity index (χ0n) is 12.9. The number of amides is 1. The van der Waals surface area contributed by atoms with E-state index in [1.165, 1.54) is 11.3 Å². The predicted octanol–water partition coefficient (Wildman–Crippen LogP) is 4.00. The average molecular weight is 393 g/mol. The van der Waals surface area contributed by atoms with Crippen LogP contribution < -0.4 is 5.32 Å². The maximum absolute atomic E-state index is 12.0. The minimum atomic E-state index is -0.622. The summed E-state index contributed by atoms with van der Waals surface area (Å²) in [5, 5.41) is 7.55. The van der Waals surface area contributed by atoms with Gasteiger partial charge in [-0.25, -0.2) is 9.78 Å². The summed E-state index contributed by atoms with van der Waals surface area (Å²) in [5.41, 5.74) is 1.04. The Hall–Kier alpha value is -2.22. The van der Waals surface area contributed by atoms with Crippen LogP contribution in [-0.4, -0.2) is 23.5 Å². The van der Waals surface area contributed by atoms with Crippen molar-refractivity contribution in [2.75, 3.05) is 6.61 Å². The number of rotatable bonds is 6. The monoisotopic (exact) mass is 392 g/mol. The largest absolute Gasteiger partial charge is 0.451 e. The van der Waals surface area contributed by atoms with Gasteiger partial charge in [-0.3, -0.25) is 4.79 Å². The van der Waals surface area contributed by atoms with Crippen molar-refractivity contribution in [3.8, 4) is 10.6 Å². The van der Waals surface area contributed by atoms with Crippen LogP contribution in [0.2, 0.25) is 5.02 Å². The lowest BCUT2D eigenvalue weighted by Crippen LogP contribution is -2.28. The second-order valence-electron chi connectivity index (χ2n) is 4.98. The number of aromatic nitrogens is 1. The highest BCUT2D eigenvalue weighted by Gasteiger charge is 2.15. The van der Waals surface area contributed by atoms with E-state index in [-0.39, 0.29) is 18.2 Å². The van der Waals surface area contributed by atoms with E-state index >= 15 is 0 Å². The highest BCUT2D eigenvalue weighted by atomic mass is 35.5. The van der Waals surface area contributed by atoms with Crippen LogP contribution in [0.3, 0.4) is 0 Å². The molecule has 8 heteroatoms. The minimum Gasteiger partial charge on any atom is -0.451 e. The Kier molecular flexibility index (Phi) is 5.80. The van der Waals surface area contributed by atoms with Gasteiger partial charge in [0.1, 0.15) is 5.01 Å². The molecule has 2 heterocycles. The highest BCUT2D eigenvalue weighted by Crippen LogP contribution is 2.25. The lowest BCUT2D eigenvalue weighted by atomic mass is 10.2. The topological polar surface area (TPSA) is 68.3 Å². The van der Waals surface area contributed by atoms with Crippen LogP contribution in [0.25, 0.3) is 10.6 Å². The van der Waals surface area contributed by atoms with Gasteiger partial charge in [0.25, 0.3) is 5.91 Å². The summed E-state index contributed by atoms with van der Waals surface area (Å²) >= 11 is 8.73. The number of carbonyl (C=O) groups excluding carboxylic acids is 2. The van der Waals surface area contributed by atoms with Crippen molar-refractivity contribution in [3.05, 3.63) is 62.8 Å². The van der Waals surface area contributed by atoms with Crippen LogP contribution in [0.1, 0.15) is 15.4 Å². The molecule has 3 rings (SSSR count). The normalized spacial score (nSPS) is 10.4. The van der Waals surface area contributed by atoms with Gasteiger partial charge in [0.05, 0.1) is 6.54 Å². The number of benzene rings is 1. The minimum absolute atomic E-state index is 0.181. The fourth-order valence-corrected chi connectivity index (χ4v) is 3.51. The van der Waals surface area contributed by atoms with Crippen molar-refractivity contribution >= 4 is 46.2 Å². The number of ether oxygens (including phenoxy) is 1. The summed E-state index contributed by atoms with van der Waals surface area (Å²) in [6, 6.07) is 11.0. The third-order valence-corrected chi connectivity index (χ3v) is 5.20. The highest BCUT2D eigenvalue weighted by molar-refractivity contribution is 7.13. The summed E-state index contributed by atoms with van der Waals surface area (Å²) in [6.45, 7) is 0.0868. The molecule has 0 fully saturated rings. The molecule has 25 heavy (non-hydrogen) atoms. The van der Waals surface area contributed by atoms with Crippen molar-refractivity contribution in [3.63, 3.8) is 0 Å². The van der Waals surface area contributed by atoms with Gasteiger partial charge in [-0.05, 0) is 23.6 Å². The first-order valence-corrected chi connectivity index (χ1v) is 9.43. The molecule has 5 nitrogen and oxygen atoms in total. The fraction of sp³-hybridized carbons (Fsp3) is 0.118. The Morgan fingerprint density at radius 1 is 1.16 bits per heavy atom. The summed E-state index contributed by atoms with van der Waals surface area (Å²) in [6.07, 6.45) is 0. The summed E-state index contributed by atoms with van der Waals surface area (Å²) < 4.78 is 5.00. The van der Waals surface area contributed by atoms with E-state index in [2.05, 4.69) is 10.3 Å². The molecule has 1 amide bonds. The van der Waals surface area contributed by atoms with Crippen LogP contribution in [-0.2, 0) is 16.1 Å². The third-order valence-electron chi connectivity index (χ3n) is 3.18. The Morgan fingerprint density at radius 3 is 2.68 bits per heavy atom. The van der Waals surface area contributed by atoms with Crippen LogP contribution in [0.4, 0.5) is 0 Å². The number of thiazole rings is 1. The molecule has 0 aliphatic rings. The number of hydrogen-bond acceptors (Lipinski definition) is 6. The molecule has 0 radical (unpaired) electrons. The molecule has 0 bridgehead atoms. The maximum atomic E-state index is 12.0. The third kappa shape index (κ3) is 4.88. The quantitative estimate of drug-likeness (QED) is 0.644. The number of esters is 1. The summed E-state index contributed by atoms with van der Waals surface area (Å²) in [7, 11) is 0. The number of halogens is 1. The first-order chi connectivity index (χ1) is 12.1. The van der Waals surface area contributed by atoms with Crippen molar-refractivity contribution < 1.29 is 14.3 Å². The molecular weight excluding hydrogens is 380 g/mol. The number of carbonyl (C=O) groups is 2. The van der Waals surface area contributed by atoms with Gasteiger partial charge >= 0.3 is 5.97 Å². The molecule has 0 aliphatic carbocycles. The Balaban J connectivity index is 1.51. The van der Waals surface area contributed by atoms with Crippen molar-refractivity contribution in [1.82, 2.24) is 10.3 Å². The van der Waals surface area contributed by atoms with E-state index < -0.39 is 5.97 Å². The second-order valence-corrected chi connectivity index (χ2v) is 7.30. The Bertz CT molecular complexity index is 860. The van der Waals surface area contributed by atoms with Crippen LogP contribution in [0.15, 0.2) is 47.2 Å². The van der Waals surface area contributed by atoms with Crippen molar-refractivity contribution in [2.24, 2.45) is 0 Å². The predicted molar refractivity (Wildman–Crippen MR) is 99.0 cm³/mol. The lowest BCUT2D eigenvalue weighted by Gasteiger charge is -2.04. The first kappa shape index (κ1) is 17.6. The Morgan fingerprint density at radius 2 is 1.96 bits per heavy atom. The van der Waals surface area contributed by atoms with Gasteiger partial charge in [-0.2, -0.15) is 0 Å². The molecule has 0 unspecified atom stereocenters. The van der Waals surface area contributed by atoms with Gasteiger partial charge in [0.2, 0.25) is 0 Å². The van der Waals surface area contributed by atoms with E-state index in [0.29, 0.717) is 16.6 Å². The van der Waals surface area contributed by atoms with Crippen LogP contribution >= 0.6 is 34.3 Å². The second kappa shape index (κ2) is 8.24. The van der Waals surface area contributed by atoms with E-state index in [1.54, 1.807) is 28.8 Å². The van der Waals surface area contributed by atoms with Gasteiger partial charge < -0.3 is 10.1 Å². The molecule has 0 aliphatic heterocycles. The number of nitrogens with zero attached hydrogens (tertiary/aromatic N) is 1. The smallest absolute Gasteiger partial charge is 0.358 e. The number of thiophene rings is 1. The molecule has 128 valence electrons. The first-order valence-electron chi connectivity index (χ1n) is 7.29. The fourth-order valence-electron chi connectivity index (χ4n) is 1.95. The van der Waals surface area contributed by atoms with E-state index in [1.807, 2.05) is 29.6 Å². The van der Waals surface area contributed by atoms with Gasteiger partial charge in [0.15, 0.2) is 12.3 Å². The number of nitrogens with one attached hydrogen (secondary N) is 1. The molecule has 1 N–H and O–H groups in total. The van der Waals surface area contributed by atoms with Gasteiger partial charge in [-0.1, -0.05) is 29.8 Å². The van der Waals surface area contributed by atoms with Crippen molar-refractivity contribution in [2.45, 2.75) is 6.54 Å². The molecule has 0 saturated carbocycles. The molecular formula is C17H13ClN2O3S2. The van der Waals surface area contributed by atoms with Gasteiger partial charge in [-0.15, -0.1) is 22.7 Å². The molecule has 1 aromatic carbocycles. The maximum Gasteiger partial charge on any atom is 0.358 e.